The van der Waals surface area contributed by atoms with Crippen LogP contribution in [0.25, 0.3) is 0 Å². The van der Waals surface area contributed by atoms with E-state index in [9.17, 15) is 4.79 Å². The molecule has 5 heteroatoms. The van der Waals surface area contributed by atoms with E-state index in [2.05, 4.69) is 10.9 Å². The minimum atomic E-state index is -0.0595. The summed E-state index contributed by atoms with van der Waals surface area (Å²) in [5, 5.41) is 1.56. The number of allylic oxidation sites excluding steroid dienone is 1. The lowest BCUT2D eigenvalue weighted by Crippen LogP contribution is -2.36. The Balaban J connectivity index is 2.30. The highest BCUT2D eigenvalue weighted by molar-refractivity contribution is 6.08. The van der Waals surface area contributed by atoms with Gasteiger partial charge in [0, 0.05) is 5.70 Å². The predicted octanol–water partition coefficient (Wildman–Crippen LogP) is 1.35. The third-order valence-electron chi connectivity index (χ3n) is 2.86. The average Bonchev–Trinajstić information content (AvgIpc) is 2.66. The van der Waals surface area contributed by atoms with Gasteiger partial charge >= 0.3 is 0 Å². The number of carbonyl (C=O) groups excluding carboxylic acids is 1. The molecule has 0 spiro atoms. The Hall–Kier alpha value is -1.85. The van der Waals surface area contributed by atoms with Gasteiger partial charge in [-0.3, -0.25) is 15.1 Å². The van der Waals surface area contributed by atoms with E-state index in [1.54, 1.807) is 5.01 Å². The second kappa shape index (κ2) is 5.20. The number of amides is 1. The number of nitrogens with zero attached hydrogens (tertiary/aromatic N) is 1. The molecule has 1 heterocycles. The molecule has 1 aliphatic rings. The zero-order valence-corrected chi connectivity index (χ0v) is 10.7. The van der Waals surface area contributed by atoms with Crippen LogP contribution >= 0.6 is 0 Å². The molecule has 0 aromatic heterocycles. The summed E-state index contributed by atoms with van der Waals surface area (Å²) in [6.45, 7) is 3.76. The van der Waals surface area contributed by atoms with Crippen molar-refractivity contribution in [3.63, 3.8) is 0 Å². The van der Waals surface area contributed by atoms with Gasteiger partial charge in [0.25, 0.3) is 5.91 Å². The third-order valence-corrected chi connectivity index (χ3v) is 2.86. The summed E-state index contributed by atoms with van der Waals surface area (Å²) >= 11 is 0. The normalized spacial score (nSPS) is 22.3. The molecule has 1 aromatic carbocycles. The van der Waals surface area contributed by atoms with E-state index in [1.165, 1.54) is 7.11 Å². The van der Waals surface area contributed by atoms with Crippen LogP contribution in [0.5, 0.6) is 0 Å². The number of benzene rings is 1. The summed E-state index contributed by atoms with van der Waals surface area (Å²) in [5.74, 6) is -0.0595. The minimum Gasteiger partial charge on any atom is -0.280 e. The van der Waals surface area contributed by atoms with Crippen molar-refractivity contribution in [3.8, 4) is 0 Å². The van der Waals surface area contributed by atoms with E-state index >= 15 is 0 Å². The molecule has 2 rings (SSSR count). The Morgan fingerprint density at radius 3 is 2.67 bits per heavy atom. The number of hydrazine groups is 1. The molecule has 96 valence electrons. The Morgan fingerprint density at radius 2 is 2.06 bits per heavy atom. The zero-order chi connectivity index (χ0) is 13.1. The summed E-state index contributed by atoms with van der Waals surface area (Å²) in [5.41, 5.74) is 8.08. The number of rotatable bonds is 3. The SMILES string of the molecule is CONC(C)=C1C(=O)N(c2ccccc2)NC1C. The Bertz CT molecular complexity index is 470. The quantitative estimate of drug-likeness (QED) is 0.625. The summed E-state index contributed by atoms with van der Waals surface area (Å²) in [4.78, 5) is 17.2. The van der Waals surface area contributed by atoms with Crippen LogP contribution in [-0.2, 0) is 9.63 Å². The van der Waals surface area contributed by atoms with Crippen LogP contribution in [-0.4, -0.2) is 19.1 Å². The highest BCUT2D eigenvalue weighted by atomic mass is 16.6. The summed E-state index contributed by atoms with van der Waals surface area (Å²) in [7, 11) is 1.52. The van der Waals surface area contributed by atoms with Crippen LogP contribution in [0.2, 0.25) is 0 Å². The molecule has 0 bridgehead atoms. The van der Waals surface area contributed by atoms with Crippen molar-refractivity contribution in [1.29, 1.82) is 0 Å². The molecule has 0 aliphatic carbocycles. The Labute approximate surface area is 106 Å². The molecule has 1 atom stereocenters. The van der Waals surface area contributed by atoms with Crippen molar-refractivity contribution in [2.24, 2.45) is 0 Å². The van der Waals surface area contributed by atoms with Crippen molar-refractivity contribution < 1.29 is 9.63 Å². The summed E-state index contributed by atoms with van der Waals surface area (Å²) in [6.07, 6.45) is 0. The first kappa shape index (κ1) is 12.6. The first-order valence-corrected chi connectivity index (χ1v) is 5.80. The highest BCUT2D eigenvalue weighted by Crippen LogP contribution is 2.23. The zero-order valence-electron chi connectivity index (χ0n) is 10.7. The van der Waals surface area contributed by atoms with Gasteiger partial charge in [-0.05, 0) is 26.0 Å². The van der Waals surface area contributed by atoms with E-state index in [0.29, 0.717) is 5.57 Å². The van der Waals surface area contributed by atoms with Crippen LogP contribution in [0.3, 0.4) is 0 Å². The fraction of sp³-hybridized carbons (Fsp3) is 0.308. The predicted molar refractivity (Wildman–Crippen MR) is 69.4 cm³/mol. The molecule has 2 N–H and O–H groups in total. The fourth-order valence-corrected chi connectivity index (χ4v) is 2.08. The minimum absolute atomic E-state index is 0.0552. The molecular formula is C13H17N3O2. The average molecular weight is 247 g/mol. The van der Waals surface area contributed by atoms with E-state index in [4.69, 9.17) is 4.84 Å². The van der Waals surface area contributed by atoms with Gasteiger partial charge in [0.1, 0.15) is 0 Å². The van der Waals surface area contributed by atoms with Gasteiger partial charge in [-0.15, -0.1) is 0 Å². The molecular weight excluding hydrogens is 230 g/mol. The lowest BCUT2D eigenvalue weighted by atomic mass is 10.1. The number of anilines is 1. The Kier molecular flexibility index (Phi) is 3.64. The van der Waals surface area contributed by atoms with Gasteiger partial charge in [0.05, 0.1) is 24.4 Å². The van der Waals surface area contributed by atoms with E-state index in [0.717, 1.165) is 11.4 Å². The van der Waals surface area contributed by atoms with Crippen LogP contribution in [0, 0.1) is 0 Å². The molecule has 18 heavy (non-hydrogen) atoms. The summed E-state index contributed by atoms with van der Waals surface area (Å²) in [6, 6.07) is 9.44. The van der Waals surface area contributed by atoms with Gasteiger partial charge in [-0.1, -0.05) is 18.2 Å². The number of nitrogens with one attached hydrogen (secondary N) is 2. The molecule has 1 aromatic rings. The van der Waals surface area contributed by atoms with Crippen molar-refractivity contribution in [1.82, 2.24) is 10.9 Å². The molecule has 1 aliphatic heterocycles. The standard InChI is InChI=1S/C13H17N3O2/c1-9-12(10(2)15-18-3)13(17)16(14-9)11-7-5-4-6-8-11/h4-9,14-15H,1-3H3. The van der Waals surface area contributed by atoms with Crippen LogP contribution in [0.1, 0.15) is 13.8 Å². The van der Waals surface area contributed by atoms with E-state index < -0.39 is 0 Å². The van der Waals surface area contributed by atoms with Crippen molar-refractivity contribution >= 4 is 11.6 Å². The first-order valence-electron chi connectivity index (χ1n) is 5.80. The van der Waals surface area contributed by atoms with E-state index in [-0.39, 0.29) is 11.9 Å². The molecule has 0 radical (unpaired) electrons. The van der Waals surface area contributed by atoms with Crippen LogP contribution in [0.15, 0.2) is 41.6 Å². The number of hydrogen-bond acceptors (Lipinski definition) is 4. The maximum absolute atomic E-state index is 12.3. The van der Waals surface area contributed by atoms with Crippen molar-refractivity contribution in [2.75, 3.05) is 12.1 Å². The van der Waals surface area contributed by atoms with Crippen molar-refractivity contribution in [2.45, 2.75) is 19.9 Å². The van der Waals surface area contributed by atoms with Gasteiger partial charge in [-0.2, -0.15) is 0 Å². The summed E-state index contributed by atoms with van der Waals surface area (Å²) < 4.78 is 0. The first-order chi connectivity index (χ1) is 8.65. The van der Waals surface area contributed by atoms with E-state index in [1.807, 2.05) is 44.2 Å². The fourth-order valence-electron chi connectivity index (χ4n) is 2.08. The second-order valence-corrected chi connectivity index (χ2v) is 4.17. The smallest absolute Gasteiger partial charge is 0.272 e. The maximum atomic E-state index is 12.3. The Morgan fingerprint density at radius 1 is 1.39 bits per heavy atom. The monoisotopic (exact) mass is 247 g/mol. The molecule has 5 nitrogen and oxygen atoms in total. The van der Waals surface area contributed by atoms with Crippen molar-refractivity contribution in [3.05, 3.63) is 41.6 Å². The molecule has 1 fully saturated rings. The number of hydroxylamine groups is 1. The molecule has 1 unspecified atom stereocenters. The largest absolute Gasteiger partial charge is 0.280 e. The van der Waals surface area contributed by atoms with Gasteiger partial charge in [0.2, 0.25) is 0 Å². The van der Waals surface area contributed by atoms with Gasteiger partial charge in [0.15, 0.2) is 0 Å². The lowest BCUT2D eigenvalue weighted by molar-refractivity contribution is -0.114. The molecule has 1 amide bonds. The van der Waals surface area contributed by atoms with Gasteiger partial charge < -0.3 is 0 Å². The topological polar surface area (TPSA) is 53.6 Å². The maximum Gasteiger partial charge on any atom is 0.272 e. The number of hydrogen-bond donors (Lipinski definition) is 2. The highest BCUT2D eigenvalue weighted by Gasteiger charge is 2.34. The number of para-hydroxylation sites is 1. The lowest BCUT2D eigenvalue weighted by Gasteiger charge is -2.15. The van der Waals surface area contributed by atoms with Gasteiger partial charge in [-0.25, -0.2) is 10.4 Å². The molecule has 1 saturated heterocycles. The molecule has 0 saturated carbocycles. The van der Waals surface area contributed by atoms with Crippen LogP contribution in [0.4, 0.5) is 5.69 Å². The number of carbonyl (C=O) groups is 1. The third kappa shape index (κ3) is 2.23. The van der Waals surface area contributed by atoms with Crippen LogP contribution < -0.4 is 15.9 Å². The second-order valence-electron chi connectivity index (χ2n) is 4.17.